The van der Waals surface area contributed by atoms with E-state index in [2.05, 4.69) is 38.4 Å². The Hall–Kier alpha value is -2.35. The van der Waals surface area contributed by atoms with E-state index >= 15 is 0 Å². The van der Waals surface area contributed by atoms with Crippen molar-refractivity contribution >= 4 is 45.3 Å². The van der Waals surface area contributed by atoms with E-state index in [1.165, 1.54) is 0 Å². The second-order valence-corrected chi connectivity index (χ2v) is 5.91. The molecule has 1 heterocycles. The van der Waals surface area contributed by atoms with Crippen molar-refractivity contribution in [3.8, 4) is 0 Å². The fourth-order valence-corrected chi connectivity index (χ4v) is 2.47. The molecule has 3 N–H and O–H groups in total. The van der Waals surface area contributed by atoms with Gasteiger partial charge in [0, 0.05) is 26.2 Å². The number of amides is 2. The molecule has 3 aromatic rings. The zero-order valence-corrected chi connectivity index (χ0v) is 13.5. The van der Waals surface area contributed by atoms with E-state index in [1.54, 1.807) is 18.3 Å². The van der Waals surface area contributed by atoms with Crippen molar-refractivity contribution in [1.82, 2.24) is 15.8 Å². The van der Waals surface area contributed by atoms with Gasteiger partial charge in [-0.25, -0.2) is 0 Å². The molecular formula is C16H12IN3O2. The number of aromatic amines is 1. The summed E-state index contributed by atoms with van der Waals surface area (Å²) in [5.41, 5.74) is 6.69. The van der Waals surface area contributed by atoms with Gasteiger partial charge >= 0.3 is 0 Å². The molecule has 6 heteroatoms. The SMILES string of the molecule is O=C(NNC(=O)c1c[nH]c2ccccc12)c1ccc(I)cc1. The number of nitrogens with one attached hydrogen (secondary N) is 3. The van der Waals surface area contributed by atoms with Gasteiger partial charge in [0.25, 0.3) is 11.8 Å². The summed E-state index contributed by atoms with van der Waals surface area (Å²) in [7, 11) is 0. The van der Waals surface area contributed by atoms with Crippen molar-refractivity contribution in [2.24, 2.45) is 0 Å². The molecule has 1 aromatic heterocycles. The van der Waals surface area contributed by atoms with E-state index in [4.69, 9.17) is 0 Å². The van der Waals surface area contributed by atoms with Crippen LogP contribution >= 0.6 is 22.6 Å². The highest BCUT2D eigenvalue weighted by molar-refractivity contribution is 14.1. The first-order valence-electron chi connectivity index (χ1n) is 6.57. The molecule has 0 radical (unpaired) electrons. The number of fused-ring (bicyclic) bond motifs is 1. The molecule has 0 saturated heterocycles. The zero-order valence-electron chi connectivity index (χ0n) is 11.4. The van der Waals surface area contributed by atoms with Crippen LogP contribution in [0.1, 0.15) is 20.7 Å². The monoisotopic (exact) mass is 405 g/mol. The van der Waals surface area contributed by atoms with E-state index in [0.717, 1.165) is 14.5 Å². The van der Waals surface area contributed by atoms with Crippen LogP contribution in [0, 0.1) is 3.57 Å². The van der Waals surface area contributed by atoms with Crippen LogP contribution in [0.15, 0.2) is 54.7 Å². The van der Waals surface area contributed by atoms with E-state index in [0.29, 0.717) is 11.1 Å². The summed E-state index contributed by atoms with van der Waals surface area (Å²) >= 11 is 2.16. The second kappa shape index (κ2) is 6.18. The summed E-state index contributed by atoms with van der Waals surface area (Å²) in [6.45, 7) is 0. The third-order valence-corrected chi connectivity index (χ3v) is 3.95. The average Bonchev–Trinajstić information content (AvgIpc) is 2.97. The predicted molar refractivity (Wildman–Crippen MR) is 92.4 cm³/mol. The zero-order chi connectivity index (χ0) is 15.5. The standard InChI is InChI=1S/C16H12IN3O2/c17-11-7-5-10(6-8-11)15(21)19-20-16(22)13-9-18-14-4-2-1-3-12(13)14/h1-9,18H,(H,19,21)(H,20,22). The number of halogens is 1. The normalized spacial score (nSPS) is 10.4. The maximum Gasteiger partial charge on any atom is 0.271 e. The molecule has 110 valence electrons. The number of hydrazine groups is 1. The molecule has 0 atom stereocenters. The number of aromatic nitrogens is 1. The molecule has 2 amide bonds. The van der Waals surface area contributed by atoms with Gasteiger partial charge in [0.05, 0.1) is 5.56 Å². The van der Waals surface area contributed by atoms with Gasteiger partial charge in [-0.3, -0.25) is 20.4 Å². The molecule has 0 aliphatic heterocycles. The van der Waals surface area contributed by atoms with Crippen LogP contribution in [0.3, 0.4) is 0 Å². The topological polar surface area (TPSA) is 74.0 Å². The molecule has 0 saturated carbocycles. The van der Waals surface area contributed by atoms with Crippen LogP contribution in [0.4, 0.5) is 0 Å². The Balaban J connectivity index is 1.70. The average molecular weight is 405 g/mol. The minimum Gasteiger partial charge on any atom is -0.360 e. The highest BCUT2D eigenvalue weighted by Crippen LogP contribution is 2.17. The fourth-order valence-electron chi connectivity index (χ4n) is 2.11. The summed E-state index contributed by atoms with van der Waals surface area (Å²) in [5, 5.41) is 0.809. The maximum atomic E-state index is 12.2. The lowest BCUT2D eigenvalue weighted by Gasteiger charge is -2.07. The van der Waals surface area contributed by atoms with Gasteiger partial charge in [-0.2, -0.15) is 0 Å². The van der Waals surface area contributed by atoms with E-state index in [-0.39, 0.29) is 11.8 Å². The minimum absolute atomic E-state index is 0.357. The number of para-hydroxylation sites is 1. The van der Waals surface area contributed by atoms with Gasteiger partial charge in [0.2, 0.25) is 0 Å². The minimum atomic E-state index is -0.365. The molecule has 0 aliphatic rings. The molecule has 0 unspecified atom stereocenters. The maximum absolute atomic E-state index is 12.2. The quantitative estimate of drug-likeness (QED) is 0.453. The van der Waals surface area contributed by atoms with E-state index in [9.17, 15) is 9.59 Å². The van der Waals surface area contributed by atoms with Crippen LogP contribution in [-0.2, 0) is 0 Å². The molecule has 5 nitrogen and oxygen atoms in total. The van der Waals surface area contributed by atoms with Crippen molar-refractivity contribution in [2.75, 3.05) is 0 Å². The number of carbonyl (C=O) groups is 2. The van der Waals surface area contributed by atoms with Crippen LogP contribution in [0.5, 0.6) is 0 Å². The highest BCUT2D eigenvalue weighted by Gasteiger charge is 2.13. The molecule has 0 spiro atoms. The third kappa shape index (κ3) is 2.96. The lowest BCUT2D eigenvalue weighted by molar-refractivity contribution is 0.0847. The molecule has 0 fully saturated rings. The van der Waals surface area contributed by atoms with Crippen molar-refractivity contribution in [1.29, 1.82) is 0 Å². The molecule has 2 aromatic carbocycles. The van der Waals surface area contributed by atoms with Gasteiger partial charge in [-0.15, -0.1) is 0 Å². The second-order valence-electron chi connectivity index (χ2n) is 4.66. The Morgan fingerprint density at radius 1 is 0.909 bits per heavy atom. The molecule has 22 heavy (non-hydrogen) atoms. The third-order valence-electron chi connectivity index (χ3n) is 3.23. The number of carbonyl (C=O) groups excluding carboxylic acids is 2. The van der Waals surface area contributed by atoms with Crippen LogP contribution in [-0.4, -0.2) is 16.8 Å². The smallest absolute Gasteiger partial charge is 0.271 e. The Kier molecular flexibility index (Phi) is 4.10. The van der Waals surface area contributed by atoms with Gasteiger partial charge in [0.15, 0.2) is 0 Å². The van der Waals surface area contributed by atoms with E-state index in [1.807, 2.05) is 36.4 Å². The Labute approximate surface area is 140 Å². The predicted octanol–water partition coefficient (Wildman–Crippen LogP) is 2.85. The highest BCUT2D eigenvalue weighted by atomic mass is 127. The van der Waals surface area contributed by atoms with Crippen LogP contribution < -0.4 is 10.9 Å². The van der Waals surface area contributed by atoms with Gasteiger partial charge < -0.3 is 4.98 Å². The Morgan fingerprint density at radius 3 is 2.36 bits per heavy atom. The van der Waals surface area contributed by atoms with Crippen molar-refractivity contribution in [2.45, 2.75) is 0 Å². The fraction of sp³-hybridized carbons (Fsp3) is 0. The first-order valence-corrected chi connectivity index (χ1v) is 7.65. The number of H-pyrrole nitrogens is 1. The summed E-state index contributed by atoms with van der Waals surface area (Å²) in [4.78, 5) is 27.1. The molecule has 3 rings (SSSR count). The number of rotatable bonds is 2. The first-order chi connectivity index (χ1) is 10.6. The lowest BCUT2D eigenvalue weighted by Crippen LogP contribution is -2.41. The summed E-state index contributed by atoms with van der Waals surface area (Å²) in [6.07, 6.45) is 1.62. The number of hydrogen-bond acceptors (Lipinski definition) is 2. The van der Waals surface area contributed by atoms with Crippen molar-refractivity contribution in [3.05, 3.63) is 69.4 Å². The lowest BCUT2D eigenvalue weighted by atomic mass is 10.2. The van der Waals surface area contributed by atoms with Gasteiger partial charge in [-0.1, -0.05) is 18.2 Å². The van der Waals surface area contributed by atoms with E-state index < -0.39 is 0 Å². The van der Waals surface area contributed by atoms with Gasteiger partial charge in [-0.05, 0) is 52.9 Å². The Bertz CT molecular complexity index is 840. The number of hydrogen-bond donors (Lipinski definition) is 3. The summed E-state index contributed by atoms with van der Waals surface area (Å²) in [6, 6.07) is 14.5. The Morgan fingerprint density at radius 2 is 1.59 bits per heavy atom. The summed E-state index contributed by atoms with van der Waals surface area (Å²) in [5.74, 6) is -0.721. The van der Waals surface area contributed by atoms with Crippen molar-refractivity contribution in [3.63, 3.8) is 0 Å². The first kappa shape index (κ1) is 14.6. The largest absolute Gasteiger partial charge is 0.360 e. The molecular weight excluding hydrogens is 393 g/mol. The van der Waals surface area contributed by atoms with Crippen LogP contribution in [0.25, 0.3) is 10.9 Å². The molecule has 0 aliphatic carbocycles. The van der Waals surface area contributed by atoms with Crippen molar-refractivity contribution < 1.29 is 9.59 Å². The van der Waals surface area contributed by atoms with Gasteiger partial charge in [0.1, 0.15) is 0 Å². The molecule has 0 bridgehead atoms. The van der Waals surface area contributed by atoms with Crippen LogP contribution in [0.2, 0.25) is 0 Å². The summed E-state index contributed by atoms with van der Waals surface area (Å²) < 4.78 is 1.04. The number of benzene rings is 2.